The van der Waals surface area contributed by atoms with Gasteiger partial charge in [0, 0.05) is 31.4 Å². The van der Waals surface area contributed by atoms with E-state index in [-0.39, 0.29) is 5.91 Å². The number of hydrogen-bond acceptors (Lipinski definition) is 6. The van der Waals surface area contributed by atoms with Crippen LogP contribution in [0, 0.1) is 0 Å². The van der Waals surface area contributed by atoms with Crippen LogP contribution in [0.1, 0.15) is 12.8 Å². The molecule has 0 aliphatic carbocycles. The smallest absolute Gasteiger partial charge is 0.222 e. The minimum atomic E-state index is -0.660. The third-order valence-corrected chi connectivity index (χ3v) is 5.16. The molecule has 3 aromatic heterocycles. The zero-order valence-corrected chi connectivity index (χ0v) is 15.8. The van der Waals surface area contributed by atoms with Crippen LogP contribution in [0.15, 0.2) is 53.1 Å². The quantitative estimate of drug-likeness (QED) is 0.524. The summed E-state index contributed by atoms with van der Waals surface area (Å²) in [5, 5.41) is 19.0. The van der Waals surface area contributed by atoms with Gasteiger partial charge in [-0.2, -0.15) is 0 Å². The molecule has 5 rings (SSSR count). The van der Waals surface area contributed by atoms with Gasteiger partial charge in [0.15, 0.2) is 11.4 Å². The number of β-amino-alcohol motifs (C(OH)–C–C–N with tert-alkyl or cyclic N) is 1. The number of nitrogens with zero attached hydrogens (tertiary/aromatic N) is 4. The van der Waals surface area contributed by atoms with Crippen molar-refractivity contribution in [1.29, 1.82) is 0 Å². The molecule has 4 aromatic rings. The van der Waals surface area contributed by atoms with Gasteiger partial charge in [0.1, 0.15) is 17.1 Å². The molecule has 4 heterocycles. The summed E-state index contributed by atoms with van der Waals surface area (Å²) < 4.78 is 7.66. The summed E-state index contributed by atoms with van der Waals surface area (Å²) in [6.07, 6.45) is 2.51. The number of furan rings is 1. The number of fused-ring (bicyclic) bond motifs is 2. The summed E-state index contributed by atoms with van der Waals surface area (Å²) >= 11 is 0. The van der Waals surface area contributed by atoms with Gasteiger partial charge in [0.2, 0.25) is 5.91 Å². The lowest BCUT2D eigenvalue weighted by Crippen LogP contribution is -2.36. The first-order chi connectivity index (χ1) is 14.2. The number of anilines is 1. The number of likely N-dealkylation sites (tertiary alicyclic amines) is 1. The van der Waals surface area contributed by atoms with E-state index in [1.54, 1.807) is 15.6 Å². The van der Waals surface area contributed by atoms with Gasteiger partial charge >= 0.3 is 0 Å². The standard InChI is InChI=1S/C21H21N5O3/c27-15(13-25-9-3-6-21(25)28)11-22-19-7-8-20-23-12-16(26(20)24-19)18-10-14-4-1-2-5-17(14)29-18/h1-2,4-5,7-8,10,12,15,27H,3,6,9,11,13H2,(H,22,24). The molecule has 1 amide bonds. The fourth-order valence-electron chi connectivity index (χ4n) is 3.68. The van der Waals surface area contributed by atoms with E-state index in [9.17, 15) is 9.90 Å². The SMILES string of the molecule is O=C1CCCN1CC(O)CNc1ccc2ncc(-c3cc4ccccc4o3)n2n1. The first kappa shape index (κ1) is 17.7. The number of para-hydroxylation sites is 1. The largest absolute Gasteiger partial charge is 0.454 e. The molecule has 2 N–H and O–H groups in total. The predicted octanol–water partition coefficient (Wildman–Crippen LogP) is 2.54. The molecule has 0 bridgehead atoms. The van der Waals surface area contributed by atoms with Crippen LogP contribution in [-0.2, 0) is 4.79 Å². The van der Waals surface area contributed by atoms with Gasteiger partial charge in [-0.1, -0.05) is 18.2 Å². The molecule has 8 nitrogen and oxygen atoms in total. The predicted molar refractivity (Wildman–Crippen MR) is 109 cm³/mol. The summed E-state index contributed by atoms with van der Waals surface area (Å²) in [5.74, 6) is 1.41. The van der Waals surface area contributed by atoms with Crippen molar-refractivity contribution in [3.05, 3.63) is 48.7 Å². The molecule has 1 unspecified atom stereocenters. The average molecular weight is 391 g/mol. The van der Waals surface area contributed by atoms with E-state index >= 15 is 0 Å². The molecule has 1 aliphatic rings. The lowest BCUT2D eigenvalue weighted by atomic mass is 10.2. The Morgan fingerprint density at radius 2 is 2.14 bits per heavy atom. The highest BCUT2D eigenvalue weighted by Crippen LogP contribution is 2.28. The first-order valence-corrected chi connectivity index (χ1v) is 9.71. The summed E-state index contributed by atoms with van der Waals surface area (Å²) in [5.41, 5.74) is 2.27. The van der Waals surface area contributed by atoms with Crippen LogP contribution in [0.25, 0.3) is 28.1 Å². The molecule has 1 aromatic carbocycles. The molecule has 29 heavy (non-hydrogen) atoms. The van der Waals surface area contributed by atoms with Gasteiger partial charge < -0.3 is 19.7 Å². The second-order valence-corrected chi connectivity index (χ2v) is 7.26. The van der Waals surface area contributed by atoms with Crippen LogP contribution in [0.4, 0.5) is 5.82 Å². The number of carbonyl (C=O) groups excluding carboxylic acids is 1. The molecule has 1 aliphatic heterocycles. The van der Waals surface area contributed by atoms with Gasteiger partial charge in [-0.05, 0) is 30.7 Å². The maximum absolute atomic E-state index is 11.7. The van der Waals surface area contributed by atoms with Gasteiger partial charge in [0.05, 0.1) is 12.3 Å². The molecule has 148 valence electrons. The number of hydrogen-bond donors (Lipinski definition) is 2. The van der Waals surface area contributed by atoms with Crippen LogP contribution in [0.2, 0.25) is 0 Å². The van der Waals surface area contributed by atoms with Crippen LogP contribution in [0.3, 0.4) is 0 Å². The van der Waals surface area contributed by atoms with Gasteiger partial charge in [0.25, 0.3) is 0 Å². The summed E-state index contributed by atoms with van der Waals surface area (Å²) in [4.78, 5) is 17.8. The highest BCUT2D eigenvalue weighted by atomic mass is 16.3. The second kappa shape index (κ2) is 7.21. The fourth-order valence-corrected chi connectivity index (χ4v) is 3.68. The van der Waals surface area contributed by atoms with Crippen LogP contribution < -0.4 is 5.32 Å². The Balaban J connectivity index is 1.34. The van der Waals surface area contributed by atoms with Crippen LogP contribution in [-0.4, -0.2) is 56.2 Å². The van der Waals surface area contributed by atoms with E-state index in [4.69, 9.17) is 4.42 Å². The number of carbonyl (C=O) groups is 1. The maximum Gasteiger partial charge on any atom is 0.222 e. The van der Waals surface area contributed by atoms with Crippen molar-refractivity contribution in [3.8, 4) is 11.5 Å². The normalized spacial score (nSPS) is 15.5. The van der Waals surface area contributed by atoms with Crippen molar-refractivity contribution < 1.29 is 14.3 Å². The Hall–Kier alpha value is -3.39. The van der Waals surface area contributed by atoms with E-state index in [1.807, 2.05) is 42.5 Å². The molecule has 0 saturated carbocycles. The van der Waals surface area contributed by atoms with Crippen LogP contribution >= 0.6 is 0 Å². The number of nitrogens with one attached hydrogen (secondary N) is 1. The highest BCUT2D eigenvalue weighted by Gasteiger charge is 2.22. The molecular weight excluding hydrogens is 370 g/mol. The highest BCUT2D eigenvalue weighted by molar-refractivity contribution is 5.82. The van der Waals surface area contributed by atoms with Crippen LogP contribution in [0.5, 0.6) is 0 Å². The molecular formula is C21H21N5O3. The monoisotopic (exact) mass is 391 g/mol. The van der Waals surface area contributed by atoms with E-state index < -0.39 is 6.10 Å². The van der Waals surface area contributed by atoms with Gasteiger partial charge in [-0.15, -0.1) is 5.10 Å². The Kier molecular flexibility index (Phi) is 4.40. The van der Waals surface area contributed by atoms with Gasteiger partial charge in [-0.3, -0.25) is 4.79 Å². The number of imidazole rings is 1. The number of aliphatic hydroxyl groups excluding tert-OH is 1. The van der Waals surface area contributed by atoms with Crippen molar-refractivity contribution in [1.82, 2.24) is 19.5 Å². The van der Waals surface area contributed by atoms with E-state index in [2.05, 4.69) is 15.4 Å². The lowest BCUT2D eigenvalue weighted by molar-refractivity contribution is -0.128. The lowest BCUT2D eigenvalue weighted by Gasteiger charge is -2.20. The molecule has 1 saturated heterocycles. The Morgan fingerprint density at radius 1 is 1.24 bits per heavy atom. The van der Waals surface area contributed by atoms with Crippen molar-refractivity contribution in [2.24, 2.45) is 0 Å². The third-order valence-electron chi connectivity index (χ3n) is 5.16. The topological polar surface area (TPSA) is 95.9 Å². The van der Waals surface area contributed by atoms with Crippen molar-refractivity contribution in [3.63, 3.8) is 0 Å². The molecule has 0 radical (unpaired) electrons. The Morgan fingerprint density at radius 3 is 2.97 bits per heavy atom. The molecule has 8 heteroatoms. The molecule has 0 spiro atoms. The average Bonchev–Trinajstić information content (AvgIpc) is 3.44. The molecule has 1 fully saturated rings. The van der Waals surface area contributed by atoms with Crippen molar-refractivity contribution >= 4 is 28.3 Å². The minimum Gasteiger partial charge on any atom is -0.454 e. The number of benzene rings is 1. The van der Waals surface area contributed by atoms with E-state index in [0.717, 1.165) is 29.6 Å². The zero-order valence-electron chi connectivity index (χ0n) is 15.8. The summed E-state index contributed by atoms with van der Waals surface area (Å²) in [7, 11) is 0. The van der Waals surface area contributed by atoms with Crippen molar-refractivity contribution in [2.75, 3.05) is 25.0 Å². The zero-order chi connectivity index (χ0) is 19.8. The van der Waals surface area contributed by atoms with E-state index in [0.29, 0.717) is 36.7 Å². The van der Waals surface area contributed by atoms with Crippen molar-refractivity contribution in [2.45, 2.75) is 18.9 Å². The number of aliphatic hydroxyl groups is 1. The van der Waals surface area contributed by atoms with Gasteiger partial charge in [-0.25, -0.2) is 9.50 Å². The van der Waals surface area contributed by atoms with E-state index in [1.165, 1.54) is 0 Å². The number of aromatic nitrogens is 3. The maximum atomic E-state index is 11.7. The first-order valence-electron chi connectivity index (χ1n) is 9.71. The molecule has 1 atom stereocenters. The number of amides is 1. The third kappa shape index (κ3) is 3.42. The summed E-state index contributed by atoms with van der Waals surface area (Å²) in [6.45, 7) is 1.36. The summed E-state index contributed by atoms with van der Waals surface area (Å²) in [6, 6.07) is 13.5. The Labute approximate surface area is 166 Å². The Bertz CT molecular complexity index is 1150. The second-order valence-electron chi connectivity index (χ2n) is 7.26. The number of rotatable bonds is 6. The minimum absolute atomic E-state index is 0.109. The fraction of sp³-hybridized carbons (Fsp3) is 0.286.